The van der Waals surface area contributed by atoms with E-state index in [0.717, 1.165) is 22.8 Å². The minimum absolute atomic E-state index is 0.370. The van der Waals surface area contributed by atoms with E-state index in [4.69, 9.17) is 21.9 Å². The summed E-state index contributed by atoms with van der Waals surface area (Å²) < 4.78 is 6.34. The third-order valence-corrected chi connectivity index (χ3v) is 6.08. The second kappa shape index (κ2) is 8.55. The van der Waals surface area contributed by atoms with Gasteiger partial charge in [-0.3, -0.25) is 0 Å². The van der Waals surface area contributed by atoms with Gasteiger partial charge >= 0.3 is 0 Å². The number of aromatic nitrogens is 2. The van der Waals surface area contributed by atoms with E-state index in [1.54, 1.807) is 30.2 Å². The Balaban J connectivity index is 2.66. The third-order valence-electron chi connectivity index (χ3n) is 4.76. The van der Waals surface area contributed by atoms with Gasteiger partial charge in [0.05, 0.1) is 10.9 Å². The molecule has 0 saturated heterocycles. The van der Waals surface area contributed by atoms with E-state index in [0.29, 0.717) is 23.4 Å². The second-order valence-corrected chi connectivity index (χ2v) is 9.04. The Morgan fingerprint density at radius 3 is 2.56 bits per heavy atom. The van der Waals surface area contributed by atoms with Crippen LogP contribution in [0.3, 0.4) is 0 Å². The van der Waals surface area contributed by atoms with E-state index < -0.39 is 10.5 Å². The van der Waals surface area contributed by atoms with Gasteiger partial charge in [0.1, 0.15) is 5.15 Å². The molecular formula is C19H26ClN5OS. The molecular weight excluding hydrogens is 382 g/mol. The molecule has 2 aromatic rings. The number of pyridine rings is 2. The highest BCUT2D eigenvalue weighted by molar-refractivity contribution is 7.99. The molecule has 0 aliphatic carbocycles. The predicted molar refractivity (Wildman–Crippen MR) is 113 cm³/mol. The lowest BCUT2D eigenvalue weighted by Crippen LogP contribution is -2.30. The SMILES string of the molecule is CC[C@@](C)(N=[N+]=[N-])c1cnc(O[C@](C)(CC(C)C)SC)c2cnc(Cl)cc12. The highest BCUT2D eigenvalue weighted by atomic mass is 35.5. The van der Waals surface area contributed by atoms with Crippen molar-refractivity contribution in [3.05, 3.63) is 39.6 Å². The van der Waals surface area contributed by atoms with Gasteiger partial charge in [0.15, 0.2) is 4.93 Å². The maximum atomic E-state index is 9.02. The van der Waals surface area contributed by atoms with E-state index in [2.05, 4.69) is 40.8 Å². The molecule has 2 atom stereocenters. The number of rotatable bonds is 8. The van der Waals surface area contributed by atoms with Crippen LogP contribution in [0.1, 0.15) is 53.0 Å². The largest absolute Gasteiger partial charge is 0.460 e. The van der Waals surface area contributed by atoms with Crippen molar-refractivity contribution in [3.8, 4) is 5.88 Å². The Kier molecular flexibility index (Phi) is 6.84. The van der Waals surface area contributed by atoms with Gasteiger partial charge in [-0.05, 0) is 61.4 Å². The van der Waals surface area contributed by atoms with Crippen molar-refractivity contribution in [3.63, 3.8) is 0 Å². The molecule has 0 aliphatic rings. The summed E-state index contributed by atoms with van der Waals surface area (Å²) >= 11 is 7.82. The molecule has 6 nitrogen and oxygen atoms in total. The zero-order valence-electron chi connectivity index (χ0n) is 16.7. The third kappa shape index (κ3) is 4.78. The summed E-state index contributed by atoms with van der Waals surface area (Å²) in [6.45, 7) is 10.3. The number of thioether (sulfide) groups is 1. The first kappa shape index (κ1) is 21.6. The fourth-order valence-corrected chi connectivity index (χ4v) is 3.94. The maximum Gasteiger partial charge on any atom is 0.224 e. The van der Waals surface area contributed by atoms with Crippen LogP contribution >= 0.6 is 23.4 Å². The Bertz CT molecular complexity index is 871. The van der Waals surface area contributed by atoms with Crippen LogP contribution in [0.2, 0.25) is 5.15 Å². The molecule has 0 aliphatic heterocycles. The van der Waals surface area contributed by atoms with Crippen molar-refractivity contribution in [2.24, 2.45) is 11.0 Å². The number of halogens is 1. The lowest BCUT2D eigenvalue weighted by molar-refractivity contribution is 0.154. The molecule has 2 rings (SSSR count). The summed E-state index contributed by atoms with van der Waals surface area (Å²) in [5, 5.41) is 5.98. The van der Waals surface area contributed by atoms with Crippen LogP contribution in [0.5, 0.6) is 5.88 Å². The molecule has 0 aromatic carbocycles. The van der Waals surface area contributed by atoms with Crippen LogP contribution in [-0.2, 0) is 5.54 Å². The summed E-state index contributed by atoms with van der Waals surface area (Å²) in [4.78, 5) is 11.4. The van der Waals surface area contributed by atoms with Crippen molar-refractivity contribution >= 4 is 34.1 Å². The van der Waals surface area contributed by atoms with Gasteiger partial charge in [-0.25, -0.2) is 9.97 Å². The van der Waals surface area contributed by atoms with Crippen molar-refractivity contribution in [2.45, 2.75) is 57.9 Å². The van der Waals surface area contributed by atoms with Crippen LogP contribution in [0.15, 0.2) is 23.6 Å². The minimum Gasteiger partial charge on any atom is -0.460 e. The summed E-state index contributed by atoms with van der Waals surface area (Å²) in [6.07, 6.45) is 6.94. The molecule has 27 heavy (non-hydrogen) atoms. The Morgan fingerprint density at radius 1 is 1.30 bits per heavy atom. The van der Waals surface area contributed by atoms with Gasteiger partial charge in [0.25, 0.3) is 0 Å². The van der Waals surface area contributed by atoms with Gasteiger partial charge in [-0.2, -0.15) is 0 Å². The van der Waals surface area contributed by atoms with Crippen LogP contribution < -0.4 is 4.74 Å². The van der Waals surface area contributed by atoms with Gasteiger partial charge in [0, 0.05) is 17.3 Å². The molecule has 8 heteroatoms. The molecule has 146 valence electrons. The molecule has 0 fully saturated rings. The molecule has 2 heterocycles. The number of ether oxygens (including phenoxy) is 1. The maximum absolute atomic E-state index is 9.02. The van der Waals surface area contributed by atoms with Gasteiger partial charge in [-0.15, -0.1) is 11.8 Å². The molecule has 0 unspecified atom stereocenters. The van der Waals surface area contributed by atoms with Crippen LogP contribution in [-0.4, -0.2) is 21.2 Å². The Labute approximate surface area is 169 Å². The minimum atomic E-state index is -0.732. The van der Waals surface area contributed by atoms with Gasteiger partial charge in [-0.1, -0.05) is 37.5 Å². The van der Waals surface area contributed by atoms with Gasteiger partial charge in [0.2, 0.25) is 5.88 Å². The topological polar surface area (TPSA) is 83.8 Å². The summed E-state index contributed by atoms with van der Waals surface area (Å²) in [5.74, 6) is 0.990. The quantitative estimate of drug-likeness (QED) is 0.160. The van der Waals surface area contributed by atoms with Crippen molar-refractivity contribution in [1.82, 2.24) is 9.97 Å². The molecule has 0 amide bonds. The fraction of sp³-hybridized carbons (Fsp3) is 0.579. The summed E-state index contributed by atoms with van der Waals surface area (Å²) in [7, 11) is 0. The fourth-order valence-electron chi connectivity index (χ4n) is 3.12. The van der Waals surface area contributed by atoms with Crippen molar-refractivity contribution in [1.29, 1.82) is 0 Å². The first-order valence-electron chi connectivity index (χ1n) is 8.93. The van der Waals surface area contributed by atoms with E-state index >= 15 is 0 Å². The first-order valence-corrected chi connectivity index (χ1v) is 10.5. The standard InChI is InChI=1S/C19H26ClN5OS/c1-7-18(4,24-25-21)15-11-23-17(14-10-22-16(20)8-13(14)15)26-19(5,27-6)9-12(2)3/h8,10-12H,7,9H2,1-6H3/t18-,19+/m1/s1. The smallest absolute Gasteiger partial charge is 0.224 e. The molecule has 0 bridgehead atoms. The lowest BCUT2D eigenvalue weighted by atomic mass is 9.88. The zero-order valence-corrected chi connectivity index (χ0v) is 18.2. The normalized spacial score (nSPS) is 15.9. The number of nitrogens with zero attached hydrogens (tertiary/aromatic N) is 5. The second-order valence-electron chi connectivity index (χ2n) is 7.38. The average Bonchev–Trinajstić information content (AvgIpc) is 2.61. The number of hydrogen-bond acceptors (Lipinski definition) is 5. The monoisotopic (exact) mass is 407 g/mol. The van der Waals surface area contributed by atoms with Gasteiger partial charge < -0.3 is 4.74 Å². The predicted octanol–water partition coefficient (Wildman–Crippen LogP) is 6.72. The molecule has 0 radical (unpaired) electrons. The van der Waals surface area contributed by atoms with Crippen molar-refractivity contribution < 1.29 is 4.74 Å². The van der Waals surface area contributed by atoms with E-state index in [1.807, 2.05) is 20.1 Å². The van der Waals surface area contributed by atoms with Crippen LogP contribution in [0, 0.1) is 5.92 Å². The summed E-state index contributed by atoms with van der Waals surface area (Å²) in [5.41, 5.74) is 9.09. The Morgan fingerprint density at radius 2 is 2.00 bits per heavy atom. The van der Waals surface area contributed by atoms with Crippen LogP contribution in [0.4, 0.5) is 0 Å². The number of azide groups is 1. The molecule has 0 saturated carbocycles. The molecule has 0 spiro atoms. The van der Waals surface area contributed by atoms with Crippen LogP contribution in [0.25, 0.3) is 21.2 Å². The summed E-state index contributed by atoms with van der Waals surface area (Å²) in [6, 6.07) is 1.78. The molecule has 0 N–H and O–H groups in total. The number of fused-ring (bicyclic) bond motifs is 1. The lowest BCUT2D eigenvalue weighted by Gasteiger charge is -2.31. The van der Waals surface area contributed by atoms with E-state index in [-0.39, 0.29) is 0 Å². The van der Waals surface area contributed by atoms with E-state index in [9.17, 15) is 0 Å². The van der Waals surface area contributed by atoms with Crippen molar-refractivity contribution in [2.75, 3.05) is 6.26 Å². The average molecular weight is 408 g/mol. The van der Waals surface area contributed by atoms with E-state index in [1.165, 1.54) is 0 Å². The number of hydrogen-bond donors (Lipinski definition) is 0. The highest BCUT2D eigenvalue weighted by Crippen LogP contribution is 2.40. The first-order chi connectivity index (χ1) is 12.7. The molecule has 2 aromatic heterocycles. The zero-order chi connectivity index (χ0) is 20.2. The highest BCUT2D eigenvalue weighted by Gasteiger charge is 2.31. The Hall–Kier alpha value is -1.69.